The molecule has 2 radical (unpaired) electrons. The third kappa shape index (κ3) is 3.82. The van der Waals surface area contributed by atoms with Gasteiger partial charge in [0, 0.05) is 24.2 Å². The number of hydrogen-bond donors (Lipinski definition) is 0. The van der Waals surface area contributed by atoms with Gasteiger partial charge >= 0.3 is 0 Å². The zero-order valence-corrected chi connectivity index (χ0v) is 17.7. The van der Waals surface area contributed by atoms with Gasteiger partial charge in [0.2, 0.25) is 0 Å². The first-order valence-electron chi connectivity index (χ1n) is 11.3. The topological polar surface area (TPSA) is 6.48 Å². The highest BCUT2D eigenvalue weighted by atomic mass is 15.4. The molecule has 0 aliphatic carbocycles. The van der Waals surface area contributed by atoms with Crippen LogP contribution in [0.5, 0.6) is 0 Å². The SMILES string of the molecule is C[C@@H]1CC[C@@H](c2ccccc2)N1[C]N1[C@H](c2ccccc2)CC[C@H]1c1ccccc1. The first kappa shape index (κ1) is 19.5. The third-order valence-electron chi connectivity index (χ3n) is 6.84. The fourth-order valence-corrected chi connectivity index (χ4v) is 5.24. The van der Waals surface area contributed by atoms with E-state index in [0.29, 0.717) is 24.2 Å². The molecule has 2 fully saturated rings. The summed E-state index contributed by atoms with van der Waals surface area (Å²) >= 11 is 0. The lowest BCUT2D eigenvalue weighted by Crippen LogP contribution is -2.37. The summed E-state index contributed by atoms with van der Waals surface area (Å²) in [5.74, 6) is 0. The van der Waals surface area contributed by atoms with E-state index >= 15 is 0 Å². The molecule has 0 bridgehead atoms. The van der Waals surface area contributed by atoms with Gasteiger partial charge in [0.1, 0.15) is 6.67 Å². The minimum atomic E-state index is 0.376. The summed E-state index contributed by atoms with van der Waals surface area (Å²) in [5, 5.41) is 0. The lowest BCUT2D eigenvalue weighted by Gasteiger charge is -2.37. The van der Waals surface area contributed by atoms with Crippen LogP contribution in [0.4, 0.5) is 0 Å². The normalized spacial score (nSPS) is 27.5. The molecule has 3 aromatic rings. The lowest BCUT2D eigenvalue weighted by molar-refractivity contribution is 0.118. The van der Waals surface area contributed by atoms with E-state index in [1.807, 2.05) is 0 Å². The maximum absolute atomic E-state index is 3.94. The van der Waals surface area contributed by atoms with E-state index < -0.39 is 0 Å². The van der Waals surface area contributed by atoms with Crippen molar-refractivity contribution in [2.75, 3.05) is 0 Å². The van der Waals surface area contributed by atoms with Crippen molar-refractivity contribution in [3.63, 3.8) is 0 Å². The van der Waals surface area contributed by atoms with Gasteiger partial charge in [-0.05, 0) is 49.3 Å². The van der Waals surface area contributed by atoms with Crippen molar-refractivity contribution in [2.24, 2.45) is 0 Å². The quantitative estimate of drug-likeness (QED) is 0.470. The van der Waals surface area contributed by atoms with Crippen LogP contribution in [0.1, 0.15) is 67.4 Å². The van der Waals surface area contributed by atoms with E-state index in [-0.39, 0.29) is 0 Å². The first-order valence-corrected chi connectivity index (χ1v) is 11.3. The molecule has 5 rings (SSSR count). The highest BCUT2D eigenvalue weighted by Crippen LogP contribution is 2.47. The van der Waals surface area contributed by atoms with E-state index in [4.69, 9.17) is 0 Å². The fraction of sp³-hybridized carbons (Fsp3) is 0.321. The average molecular weight is 395 g/mol. The van der Waals surface area contributed by atoms with Gasteiger partial charge in [0.25, 0.3) is 0 Å². The van der Waals surface area contributed by atoms with E-state index in [1.165, 1.54) is 29.5 Å². The number of benzene rings is 3. The van der Waals surface area contributed by atoms with Crippen molar-refractivity contribution in [2.45, 2.75) is 56.8 Å². The zero-order chi connectivity index (χ0) is 20.3. The molecule has 0 aromatic heterocycles. The Bertz CT molecular complexity index is 877. The van der Waals surface area contributed by atoms with Crippen molar-refractivity contribution < 1.29 is 0 Å². The number of hydrogen-bond acceptors (Lipinski definition) is 2. The summed E-state index contributed by atoms with van der Waals surface area (Å²) in [6.45, 7) is 6.29. The Balaban J connectivity index is 1.47. The smallest absolute Gasteiger partial charge is 0.148 e. The summed E-state index contributed by atoms with van der Waals surface area (Å²) in [6.07, 6.45) is 4.73. The van der Waals surface area contributed by atoms with Gasteiger partial charge in [-0.2, -0.15) is 0 Å². The molecule has 0 saturated carbocycles. The van der Waals surface area contributed by atoms with Crippen molar-refractivity contribution >= 4 is 0 Å². The average Bonchev–Trinajstić information content (AvgIpc) is 3.40. The molecule has 30 heavy (non-hydrogen) atoms. The first-order chi connectivity index (χ1) is 14.8. The van der Waals surface area contributed by atoms with Crippen LogP contribution in [0.2, 0.25) is 0 Å². The molecule has 0 unspecified atom stereocenters. The number of nitrogens with zero attached hydrogens (tertiary/aromatic N) is 2. The molecule has 2 aliphatic heterocycles. The second-order valence-corrected chi connectivity index (χ2v) is 8.70. The van der Waals surface area contributed by atoms with Crippen molar-refractivity contribution in [1.29, 1.82) is 0 Å². The van der Waals surface area contributed by atoms with Crippen molar-refractivity contribution in [3.8, 4) is 0 Å². The van der Waals surface area contributed by atoms with Crippen LogP contribution >= 0.6 is 0 Å². The molecule has 2 heteroatoms. The molecule has 2 aliphatic rings. The predicted octanol–water partition coefficient (Wildman–Crippen LogP) is 6.79. The lowest BCUT2D eigenvalue weighted by atomic mass is 10.0. The summed E-state index contributed by atoms with van der Waals surface area (Å²) in [6, 6.07) is 34.6. The number of likely N-dealkylation sites (tertiary alicyclic amines) is 2. The Morgan fingerprint density at radius 1 is 0.533 bits per heavy atom. The molecule has 152 valence electrons. The molecule has 0 N–H and O–H groups in total. The van der Waals surface area contributed by atoms with E-state index in [9.17, 15) is 0 Å². The maximum Gasteiger partial charge on any atom is 0.148 e. The number of rotatable bonds is 5. The fourth-order valence-electron chi connectivity index (χ4n) is 5.24. The van der Waals surface area contributed by atoms with Crippen LogP contribution < -0.4 is 0 Å². The van der Waals surface area contributed by atoms with Gasteiger partial charge in [-0.1, -0.05) is 91.0 Å². The van der Waals surface area contributed by atoms with E-state index in [2.05, 4.69) is 114 Å². The van der Waals surface area contributed by atoms with Crippen molar-refractivity contribution in [3.05, 3.63) is 114 Å². The summed E-state index contributed by atoms with van der Waals surface area (Å²) in [5.41, 5.74) is 4.19. The van der Waals surface area contributed by atoms with Gasteiger partial charge in [-0.15, -0.1) is 0 Å². The van der Waals surface area contributed by atoms with Crippen molar-refractivity contribution in [1.82, 2.24) is 9.80 Å². The van der Waals surface area contributed by atoms with Crippen LogP contribution in [-0.2, 0) is 0 Å². The Morgan fingerprint density at radius 2 is 0.900 bits per heavy atom. The minimum absolute atomic E-state index is 0.376. The van der Waals surface area contributed by atoms with Gasteiger partial charge < -0.3 is 0 Å². The molecule has 2 saturated heterocycles. The second-order valence-electron chi connectivity index (χ2n) is 8.70. The van der Waals surface area contributed by atoms with Gasteiger partial charge in [-0.3, -0.25) is 9.80 Å². The van der Waals surface area contributed by atoms with Crippen LogP contribution in [0.15, 0.2) is 91.0 Å². The van der Waals surface area contributed by atoms with E-state index in [0.717, 1.165) is 12.8 Å². The van der Waals surface area contributed by atoms with Gasteiger partial charge in [0.15, 0.2) is 0 Å². The Kier molecular flexibility index (Phi) is 5.70. The van der Waals surface area contributed by atoms with Crippen LogP contribution in [0.25, 0.3) is 0 Å². The van der Waals surface area contributed by atoms with E-state index in [1.54, 1.807) is 0 Å². The highest BCUT2D eigenvalue weighted by Gasteiger charge is 2.41. The second kappa shape index (κ2) is 8.75. The third-order valence-corrected chi connectivity index (χ3v) is 6.84. The van der Waals surface area contributed by atoms with Gasteiger partial charge in [0.05, 0.1) is 0 Å². The predicted molar refractivity (Wildman–Crippen MR) is 122 cm³/mol. The maximum atomic E-state index is 3.94. The molecule has 0 amide bonds. The molecule has 3 aromatic carbocycles. The zero-order valence-electron chi connectivity index (χ0n) is 17.7. The molecule has 2 heterocycles. The van der Waals surface area contributed by atoms with Crippen LogP contribution in [-0.4, -0.2) is 15.8 Å². The summed E-state index contributed by atoms with van der Waals surface area (Å²) in [4.78, 5) is 5.04. The Hall–Kier alpha value is -2.42. The van der Waals surface area contributed by atoms with Gasteiger partial charge in [-0.25, -0.2) is 0 Å². The standard InChI is InChI=1S/C28H30N2/c1-22-17-18-26(23-11-5-2-6-12-23)29(22)21-30-27(24-13-7-3-8-14-24)19-20-28(30)25-15-9-4-10-16-25/h2-16,22,26-28H,17-20H2,1H3/t22-,26+,27+,28+/m1/s1. The molecule has 4 atom stereocenters. The summed E-state index contributed by atoms with van der Waals surface area (Å²) in [7, 11) is 0. The molecule has 0 spiro atoms. The highest BCUT2D eigenvalue weighted by molar-refractivity contribution is 5.27. The molecular formula is C28H30N2. The molecular weight excluding hydrogens is 364 g/mol. The largest absolute Gasteiger partial charge is 0.270 e. The summed E-state index contributed by atoms with van der Waals surface area (Å²) < 4.78 is 0. The molecule has 2 nitrogen and oxygen atoms in total. The minimum Gasteiger partial charge on any atom is -0.270 e. The Labute approximate surface area is 181 Å². The van der Waals surface area contributed by atoms with Crippen LogP contribution in [0, 0.1) is 6.67 Å². The monoisotopic (exact) mass is 394 g/mol. The Morgan fingerprint density at radius 3 is 1.33 bits per heavy atom. The van der Waals surface area contributed by atoms with Crippen LogP contribution in [0.3, 0.4) is 0 Å².